The van der Waals surface area contributed by atoms with Crippen LogP contribution in [0.25, 0.3) is 0 Å². The molecule has 0 aliphatic carbocycles. The Balaban J connectivity index is 1.55. The van der Waals surface area contributed by atoms with Crippen LogP contribution in [0.15, 0.2) is 5.38 Å². The summed E-state index contributed by atoms with van der Waals surface area (Å²) in [6.45, 7) is 0. The molecule has 1 aromatic heterocycles. The first kappa shape index (κ1) is 11.9. The van der Waals surface area contributed by atoms with Crippen LogP contribution >= 0.6 is 11.3 Å². The quantitative estimate of drug-likeness (QED) is 0.853. The van der Waals surface area contributed by atoms with Gasteiger partial charge in [0.25, 0.3) is 0 Å². The predicted octanol–water partition coefficient (Wildman–Crippen LogP) is 1.89. The van der Waals surface area contributed by atoms with Gasteiger partial charge in [0.05, 0.1) is 30.4 Å². The number of nitrogens with zero attached hydrogens (tertiary/aromatic N) is 1. The van der Waals surface area contributed by atoms with Gasteiger partial charge in [0, 0.05) is 11.8 Å². The normalized spacial score (nSPS) is 29.7. The van der Waals surface area contributed by atoms with E-state index in [0.29, 0.717) is 24.7 Å². The summed E-state index contributed by atoms with van der Waals surface area (Å²) >= 11 is 1.54. The highest BCUT2D eigenvalue weighted by Crippen LogP contribution is 2.36. The van der Waals surface area contributed by atoms with Crippen molar-refractivity contribution in [1.29, 1.82) is 0 Å². The molecule has 3 unspecified atom stereocenters. The van der Waals surface area contributed by atoms with Gasteiger partial charge in [-0.3, -0.25) is 4.79 Å². The number of aliphatic carboxylic acids is 1. The number of carbonyl (C=O) groups is 1. The lowest BCUT2D eigenvalue weighted by atomic mass is 9.96. The Morgan fingerprint density at radius 3 is 3.17 bits per heavy atom. The lowest BCUT2D eigenvalue weighted by Crippen LogP contribution is -2.30. The first-order chi connectivity index (χ1) is 8.70. The Morgan fingerprint density at radius 1 is 1.61 bits per heavy atom. The summed E-state index contributed by atoms with van der Waals surface area (Å²) in [6.07, 6.45) is 4.79. The number of aryl methyl sites for hydroxylation is 1. The average molecular weight is 268 g/mol. The van der Waals surface area contributed by atoms with Crippen molar-refractivity contribution < 1.29 is 14.6 Å². The number of carboxylic acid groups (broad SMARTS) is 1. The highest BCUT2D eigenvalue weighted by Gasteiger charge is 2.40. The summed E-state index contributed by atoms with van der Waals surface area (Å²) in [6, 6.07) is 0.377. The van der Waals surface area contributed by atoms with Gasteiger partial charge in [-0.15, -0.1) is 11.3 Å². The van der Waals surface area contributed by atoms with Gasteiger partial charge in [-0.2, -0.15) is 0 Å². The molecule has 2 aliphatic heterocycles. The molecule has 2 N–H and O–H groups in total. The first-order valence-electron chi connectivity index (χ1n) is 6.29. The molecule has 2 bridgehead atoms. The summed E-state index contributed by atoms with van der Waals surface area (Å²) in [5, 5.41) is 14.9. The van der Waals surface area contributed by atoms with E-state index in [1.54, 1.807) is 11.3 Å². The van der Waals surface area contributed by atoms with E-state index in [4.69, 9.17) is 9.84 Å². The van der Waals surface area contributed by atoms with E-state index in [9.17, 15) is 4.79 Å². The van der Waals surface area contributed by atoms with Gasteiger partial charge in [-0.05, 0) is 19.3 Å². The maximum absolute atomic E-state index is 10.5. The van der Waals surface area contributed by atoms with Crippen molar-refractivity contribution in [3.63, 3.8) is 0 Å². The number of hydrogen-bond donors (Lipinski definition) is 2. The Bertz CT molecular complexity index is 448. The van der Waals surface area contributed by atoms with Gasteiger partial charge in [-0.25, -0.2) is 4.98 Å². The second kappa shape index (κ2) is 4.85. The monoisotopic (exact) mass is 268 g/mol. The van der Waals surface area contributed by atoms with E-state index in [2.05, 4.69) is 10.3 Å². The standard InChI is InChI=1S/C12H16N2O3S/c15-11(16)4-1-7-6-18-12(13-7)14-9-5-8-2-3-10(9)17-8/h6,8-10H,1-5H2,(H,13,14)(H,15,16). The molecule has 0 aromatic carbocycles. The van der Waals surface area contributed by atoms with E-state index in [0.717, 1.165) is 23.7 Å². The number of aromatic nitrogens is 1. The zero-order valence-electron chi connectivity index (χ0n) is 9.96. The summed E-state index contributed by atoms with van der Waals surface area (Å²) in [4.78, 5) is 14.9. The topological polar surface area (TPSA) is 71.5 Å². The van der Waals surface area contributed by atoms with Crippen LogP contribution in [0.2, 0.25) is 0 Å². The fraction of sp³-hybridized carbons (Fsp3) is 0.667. The van der Waals surface area contributed by atoms with Crippen LogP contribution in [-0.4, -0.2) is 34.3 Å². The fourth-order valence-corrected chi connectivity index (χ4v) is 3.48. The van der Waals surface area contributed by atoms with E-state index >= 15 is 0 Å². The number of thiazole rings is 1. The third-order valence-corrected chi connectivity index (χ3v) is 4.38. The summed E-state index contributed by atoms with van der Waals surface area (Å²) in [5.74, 6) is -0.779. The zero-order valence-corrected chi connectivity index (χ0v) is 10.8. The second-order valence-electron chi connectivity index (χ2n) is 4.90. The predicted molar refractivity (Wildman–Crippen MR) is 68.0 cm³/mol. The molecule has 6 heteroatoms. The molecule has 0 radical (unpaired) electrons. The highest BCUT2D eigenvalue weighted by molar-refractivity contribution is 7.13. The van der Waals surface area contributed by atoms with Crippen molar-refractivity contribution in [3.05, 3.63) is 11.1 Å². The molecule has 1 aromatic rings. The van der Waals surface area contributed by atoms with E-state index in [1.807, 2.05) is 5.38 Å². The zero-order chi connectivity index (χ0) is 12.5. The SMILES string of the molecule is O=C(O)CCc1csc(NC2CC3CCC2O3)n1. The van der Waals surface area contributed by atoms with Crippen LogP contribution in [0, 0.1) is 0 Å². The van der Waals surface area contributed by atoms with Crippen molar-refractivity contribution in [3.8, 4) is 0 Å². The molecule has 2 fully saturated rings. The molecule has 98 valence electrons. The van der Waals surface area contributed by atoms with Gasteiger partial charge in [0.15, 0.2) is 5.13 Å². The van der Waals surface area contributed by atoms with Gasteiger partial charge >= 0.3 is 5.97 Å². The van der Waals surface area contributed by atoms with Crippen molar-refractivity contribution in [1.82, 2.24) is 4.98 Å². The number of anilines is 1. The summed E-state index contributed by atoms with van der Waals surface area (Å²) in [5.41, 5.74) is 0.856. The van der Waals surface area contributed by atoms with Gasteiger partial charge < -0.3 is 15.2 Å². The largest absolute Gasteiger partial charge is 0.481 e. The molecule has 18 heavy (non-hydrogen) atoms. The maximum atomic E-state index is 10.5. The minimum absolute atomic E-state index is 0.139. The molecule has 3 atom stereocenters. The first-order valence-corrected chi connectivity index (χ1v) is 7.17. The van der Waals surface area contributed by atoms with Crippen molar-refractivity contribution in [2.24, 2.45) is 0 Å². The average Bonchev–Trinajstić information content (AvgIpc) is 3.02. The van der Waals surface area contributed by atoms with Crippen molar-refractivity contribution in [2.45, 2.75) is 50.4 Å². The number of ether oxygens (including phenoxy) is 1. The van der Waals surface area contributed by atoms with Crippen LogP contribution in [0.5, 0.6) is 0 Å². The van der Waals surface area contributed by atoms with Crippen LogP contribution in [0.4, 0.5) is 5.13 Å². The highest BCUT2D eigenvalue weighted by atomic mass is 32.1. The molecule has 2 aliphatic rings. The Hall–Kier alpha value is -1.14. The molecule has 0 amide bonds. The van der Waals surface area contributed by atoms with Gasteiger partial charge in [0.2, 0.25) is 0 Å². The minimum atomic E-state index is -0.779. The molecule has 0 spiro atoms. The van der Waals surface area contributed by atoms with Crippen molar-refractivity contribution >= 4 is 22.4 Å². The molecule has 2 saturated heterocycles. The number of fused-ring (bicyclic) bond motifs is 2. The van der Waals surface area contributed by atoms with E-state index in [1.165, 1.54) is 6.42 Å². The van der Waals surface area contributed by atoms with E-state index in [-0.39, 0.29) is 6.42 Å². The molecule has 3 rings (SSSR count). The van der Waals surface area contributed by atoms with E-state index < -0.39 is 5.97 Å². The molecular weight excluding hydrogens is 252 g/mol. The van der Waals surface area contributed by atoms with Crippen LogP contribution in [0.3, 0.4) is 0 Å². The number of carboxylic acids is 1. The van der Waals surface area contributed by atoms with Gasteiger partial charge in [0.1, 0.15) is 0 Å². The number of rotatable bonds is 5. The summed E-state index contributed by atoms with van der Waals surface area (Å²) < 4.78 is 5.78. The summed E-state index contributed by atoms with van der Waals surface area (Å²) in [7, 11) is 0. The Morgan fingerprint density at radius 2 is 2.50 bits per heavy atom. The Labute approximate surface area is 109 Å². The smallest absolute Gasteiger partial charge is 0.303 e. The molecule has 0 saturated carbocycles. The fourth-order valence-electron chi connectivity index (χ4n) is 2.67. The second-order valence-corrected chi connectivity index (χ2v) is 5.76. The molecule has 5 nitrogen and oxygen atoms in total. The van der Waals surface area contributed by atoms with Gasteiger partial charge in [-0.1, -0.05) is 0 Å². The van der Waals surface area contributed by atoms with Crippen molar-refractivity contribution in [2.75, 3.05) is 5.32 Å². The van der Waals surface area contributed by atoms with Crippen LogP contribution < -0.4 is 5.32 Å². The molecular formula is C12H16N2O3S. The minimum Gasteiger partial charge on any atom is -0.481 e. The lowest BCUT2D eigenvalue weighted by molar-refractivity contribution is -0.136. The number of nitrogens with one attached hydrogen (secondary N) is 1. The molecule has 3 heterocycles. The maximum Gasteiger partial charge on any atom is 0.303 e. The number of hydrogen-bond acceptors (Lipinski definition) is 5. The third-order valence-electron chi connectivity index (χ3n) is 3.56. The van der Waals surface area contributed by atoms with Crippen LogP contribution in [-0.2, 0) is 16.0 Å². The third kappa shape index (κ3) is 2.49. The lowest BCUT2D eigenvalue weighted by Gasteiger charge is -2.19. The van der Waals surface area contributed by atoms with Crippen LogP contribution in [0.1, 0.15) is 31.4 Å². The Kier molecular flexibility index (Phi) is 3.22.